The summed E-state index contributed by atoms with van der Waals surface area (Å²) < 4.78 is 11.0. The molecule has 0 aliphatic carbocycles. The van der Waals surface area contributed by atoms with Crippen LogP contribution in [0.1, 0.15) is 29.3 Å². The topological polar surface area (TPSA) is 108 Å². The third-order valence-electron chi connectivity index (χ3n) is 4.63. The van der Waals surface area contributed by atoms with Crippen LogP contribution in [0.4, 0.5) is 5.69 Å². The fourth-order valence-electron chi connectivity index (χ4n) is 2.95. The van der Waals surface area contributed by atoms with Gasteiger partial charge in [0.2, 0.25) is 5.89 Å². The first-order valence-corrected chi connectivity index (χ1v) is 9.46. The standard InChI is InChI=1S/C23H17N3O5/c1-15(21-24-25-22(31-21)18-11-13-20(14-12-18)26(28)29)30-23(27)19-9-7-17(8-10-19)16-5-3-2-4-6-16/h2-15H,1H3/t15-/m1/s1. The van der Waals surface area contributed by atoms with Crippen LogP contribution in [0.25, 0.3) is 22.6 Å². The molecule has 8 nitrogen and oxygen atoms in total. The van der Waals surface area contributed by atoms with Gasteiger partial charge in [0, 0.05) is 17.7 Å². The van der Waals surface area contributed by atoms with Gasteiger partial charge in [0.05, 0.1) is 10.5 Å². The van der Waals surface area contributed by atoms with Crippen LogP contribution in [0.5, 0.6) is 0 Å². The van der Waals surface area contributed by atoms with Gasteiger partial charge in [-0.2, -0.15) is 0 Å². The molecular weight excluding hydrogens is 398 g/mol. The number of aromatic nitrogens is 2. The van der Waals surface area contributed by atoms with E-state index >= 15 is 0 Å². The number of hydrogen-bond acceptors (Lipinski definition) is 7. The zero-order valence-electron chi connectivity index (χ0n) is 16.5. The number of benzene rings is 3. The lowest BCUT2D eigenvalue weighted by atomic mass is 10.0. The number of ether oxygens (including phenoxy) is 1. The van der Waals surface area contributed by atoms with Crippen LogP contribution in [-0.4, -0.2) is 21.1 Å². The molecule has 0 radical (unpaired) electrons. The van der Waals surface area contributed by atoms with Crippen LogP contribution in [-0.2, 0) is 4.74 Å². The lowest BCUT2D eigenvalue weighted by Crippen LogP contribution is -2.09. The molecule has 8 heteroatoms. The van der Waals surface area contributed by atoms with E-state index < -0.39 is 17.0 Å². The average molecular weight is 415 g/mol. The maximum absolute atomic E-state index is 12.5. The van der Waals surface area contributed by atoms with Crippen LogP contribution in [0.2, 0.25) is 0 Å². The third-order valence-corrected chi connectivity index (χ3v) is 4.63. The van der Waals surface area contributed by atoms with E-state index in [1.54, 1.807) is 19.1 Å². The number of nitro benzene ring substituents is 1. The fraction of sp³-hybridized carbons (Fsp3) is 0.0870. The van der Waals surface area contributed by atoms with Crippen molar-refractivity contribution in [3.63, 3.8) is 0 Å². The van der Waals surface area contributed by atoms with Gasteiger partial charge in [-0.25, -0.2) is 4.79 Å². The molecule has 4 rings (SSSR count). The lowest BCUT2D eigenvalue weighted by molar-refractivity contribution is -0.384. The van der Waals surface area contributed by atoms with Gasteiger partial charge in [-0.3, -0.25) is 10.1 Å². The van der Waals surface area contributed by atoms with Crippen LogP contribution >= 0.6 is 0 Å². The molecule has 0 amide bonds. The van der Waals surface area contributed by atoms with Gasteiger partial charge < -0.3 is 9.15 Å². The number of rotatable bonds is 6. The lowest BCUT2D eigenvalue weighted by Gasteiger charge is -2.10. The van der Waals surface area contributed by atoms with Crippen molar-refractivity contribution in [3.8, 4) is 22.6 Å². The van der Waals surface area contributed by atoms with Crippen molar-refractivity contribution in [1.82, 2.24) is 10.2 Å². The Hall–Kier alpha value is -4.33. The minimum absolute atomic E-state index is 0.0379. The molecule has 0 saturated carbocycles. The molecule has 0 fully saturated rings. The first kappa shape index (κ1) is 20.0. The molecule has 1 heterocycles. The van der Waals surface area contributed by atoms with Crippen LogP contribution < -0.4 is 0 Å². The molecule has 1 atom stereocenters. The number of esters is 1. The SMILES string of the molecule is C[C@@H](OC(=O)c1ccc(-c2ccccc2)cc1)c1nnc(-c2ccc([N+](=O)[O-])cc2)o1. The Bertz CT molecular complexity index is 1200. The number of hydrogen-bond donors (Lipinski definition) is 0. The second-order valence-corrected chi connectivity index (χ2v) is 6.74. The van der Waals surface area contributed by atoms with Crippen molar-refractivity contribution in [2.24, 2.45) is 0 Å². The van der Waals surface area contributed by atoms with Gasteiger partial charge in [-0.05, 0) is 42.3 Å². The van der Waals surface area contributed by atoms with Gasteiger partial charge >= 0.3 is 5.97 Å². The minimum Gasteiger partial charge on any atom is -0.449 e. The Morgan fingerprint density at radius 1 is 0.903 bits per heavy atom. The molecule has 0 saturated heterocycles. The molecular formula is C23H17N3O5. The summed E-state index contributed by atoms with van der Waals surface area (Å²) >= 11 is 0. The summed E-state index contributed by atoms with van der Waals surface area (Å²) in [4.78, 5) is 22.7. The van der Waals surface area contributed by atoms with Crippen molar-refractivity contribution in [3.05, 3.63) is 100 Å². The molecule has 0 aliphatic rings. The van der Waals surface area contributed by atoms with E-state index in [2.05, 4.69) is 10.2 Å². The summed E-state index contributed by atoms with van der Waals surface area (Å²) in [6.45, 7) is 1.63. The maximum Gasteiger partial charge on any atom is 0.338 e. The summed E-state index contributed by atoms with van der Waals surface area (Å²) in [5.74, 6) is -0.204. The second-order valence-electron chi connectivity index (χ2n) is 6.74. The van der Waals surface area contributed by atoms with E-state index in [1.807, 2.05) is 42.5 Å². The first-order valence-electron chi connectivity index (χ1n) is 9.46. The molecule has 31 heavy (non-hydrogen) atoms. The number of carbonyl (C=O) groups excluding carboxylic acids is 1. The predicted molar refractivity (Wildman–Crippen MR) is 112 cm³/mol. The van der Waals surface area contributed by atoms with E-state index in [1.165, 1.54) is 24.3 Å². The summed E-state index contributed by atoms with van der Waals surface area (Å²) in [6.07, 6.45) is -0.763. The molecule has 0 unspecified atom stereocenters. The van der Waals surface area contributed by atoms with Crippen molar-refractivity contribution in [2.45, 2.75) is 13.0 Å². The molecule has 3 aromatic carbocycles. The highest BCUT2D eigenvalue weighted by molar-refractivity contribution is 5.90. The Kier molecular flexibility index (Phi) is 5.53. The van der Waals surface area contributed by atoms with E-state index in [0.29, 0.717) is 11.1 Å². The van der Waals surface area contributed by atoms with E-state index in [9.17, 15) is 14.9 Å². The third kappa shape index (κ3) is 4.48. The highest BCUT2D eigenvalue weighted by Crippen LogP contribution is 2.25. The zero-order valence-corrected chi connectivity index (χ0v) is 16.5. The smallest absolute Gasteiger partial charge is 0.338 e. The quantitative estimate of drug-likeness (QED) is 0.241. The van der Waals surface area contributed by atoms with Crippen LogP contribution in [0.3, 0.4) is 0 Å². The monoisotopic (exact) mass is 415 g/mol. The molecule has 0 spiro atoms. The highest BCUT2D eigenvalue weighted by Gasteiger charge is 2.20. The normalized spacial score (nSPS) is 11.6. The minimum atomic E-state index is -0.763. The summed E-state index contributed by atoms with van der Waals surface area (Å²) in [6, 6.07) is 22.7. The largest absolute Gasteiger partial charge is 0.449 e. The number of nitrogens with zero attached hydrogens (tertiary/aromatic N) is 3. The van der Waals surface area contributed by atoms with Crippen molar-refractivity contribution >= 4 is 11.7 Å². The summed E-state index contributed by atoms with van der Waals surface area (Å²) in [5, 5.41) is 18.6. The average Bonchev–Trinajstić information content (AvgIpc) is 3.30. The summed E-state index contributed by atoms with van der Waals surface area (Å²) in [5.41, 5.74) is 2.94. The maximum atomic E-state index is 12.5. The van der Waals surface area contributed by atoms with Crippen molar-refractivity contribution < 1.29 is 18.9 Å². The van der Waals surface area contributed by atoms with Gasteiger partial charge in [-0.15, -0.1) is 10.2 Å². The van der Waals surface area contributed by atoms with Crippen LogP contribution in [0.15, 0.2) is 83.3 Å². The van der Waals surface area contributed by atoms with Gasteiger partial charge in [0.15, 0.2) is 6.10 Å². The Morgan fingerprint density at radius 3 is 2.16 bits per heavy atom. The summed E-state index contributed by atoms with van der Waals surface area (Å²) in [7, 11) is 0. The van der Waals surface area contributed by atoms with Crippen molar-refractivity contribution in [1.29, 1.82) is 0 Å². The van der Waals surface area contributed by atoms with Gasteiger partial charge in [0.25, 0.3) is 11.6 Å². The number of non-ortho nitro benzene ring substituents is 1. The molecule has 154 valence electrons. The number of carbonyl (C=O) groups is 1. The highest BCUT2D eigenvalue weighted by atomic mass is 16.6. The van der Waals surface area contributed by atoms with Gasteiger partial charge in [-0.1, -0.05) is 42.5 Å². The first-order chi connectivity index (χ1) is 15.0. The zero-order chi connectivity index (χ0) is 21.8. The Morgan fingerprint density at radius 2 is 1.52 bits per heavy atom. The van der Waals surface area contributed by atoms with Crippen LogP contribution in [0, 0.1) is 10.1 Å². The Balaban J connectivity index is 1.43. The fourth-order valence-corrected chi connectivity index (χ4v) is 2.95. The molecule has 4 aromatic rings. The predicted octanol–water partition coefficient (Wildman–Crippen LogP) is 5.23. The second kappa shape index (κ2) is 8.58. The Labute approximate surface area is 177 Å². The molecule has 1 aromatic heterocycles. The molecule has 0 aliphatic heterocycles. The van der Waals surface area contributed by atoms with Gasteiger partial charge in [0.1, 0.15) is 0 Å². The van der Waals surface area contributed by atoms with E-state index in [-0.39, 0.29) is 17.5 Å². The van der Waals surface area contributed by atoms with Crippen molar-refractivity contribution in [2.75, 3.05) is 0 Å². The number of nitro groups is 1. The molecule has 0 N–H and O–H groups in total. The van der Waals surface area contributed by atoms with E-state index in [0.717, 1.165) is 11.1 Å². The van der Waals surface area contributed by atoms with E-state index in [4.69, 9.17) is 9.15 Å². The molecule has 0 bridgehead atoms.